The first-order valence-electron chi connectivity index (χ1n) is 25.3. The molecular weight excluding hydrogens is 861 g/mol. The normalized spacial score (nSPS) is 12.8. The first-order chi connectivity index (χ1) is 35.0. The Hall–Kier alpha value is -8.40. The number of rotatable bonds is 14. The molecule has 1 aliphatic carbocycles. The summed E-state index contributed by atoms with van der Waals surface area (Å²) in [6.45, 7) is 4.68. The van der Waals surface area contributed by atoms with Crippen LogP contribution in [0.5, 0.6) is 11.5 Å². The van der Waals surface area contributed by atoms with E-state index in [-0.39, 0.29) is 0 Å². The molecule has 0 bridgehead atoms. The third-order valence-corrected chi connectivity index (χ3v) is 14.9. The van der Waals surface area contributed by atoms with Crippen LogP contribution >= 0.6 is 0 Å². The van der Waals surface area contributed by atoms with Crippen LogP contribution in [0.4, 0.5) is 17.1 Å². The summed E-state index contributed by atoms with van der Waals surface area (Å²) in [5.74, 6) is 2.71. The van der Waals surface area contributed by atoms with Crippen molar-refractivity contribution in [3.05, 3.63) is 265 Å². The Bertz CT molecular complexity index is 3600. The van der Waals surface area contributed by atoms with E-state index in [0.29, 0.717) is 11.8 Å². The second-order valence-electron chi connectivity index (χ2n) is 19.2. The lowest BCUT2D eigenvalue weighted by molar-refractivity contribution is 0.479. The molecule has 344 valence electrons. The monoisotopic (exact) mass is 916 g/mol. The first kappa shape index (κ1) is 43.9. The minimum atomic E-state index is 0.416. The van der Waals surface area contributed by atoms with Crippen LogP contribution in [-0.4, -0.2) is 4.57 Å². The molecule has 71 heavy (non-hydrogen) atoms. The van der Waals surface area contributed by atoms with Gasteiger partial charge >= 0.3 is 0 Å². The van der Waals surface area contributed by atoms with Gasteiger partial charge in [-0.25, -0.2) is 0 Å². The van der Waals surface area contributed by atoms with Gasteiger partial charge in [0.25, 0.3) is 0 Å². The molecule has 0 aliphatic heterocycles. The van der Waals surface area contributed by atoms with Crippen LogP contribution in [0.15, 0.2) is 243 Å². The Balaban J connectivity index is 0.814. The second-order valence-corrected chi connectivity index (χ2v) is 19.2. The Labute approximate surface area is 417 Å². The van der Waals surface area contributed by atoms with Crippen LogP contribution in [0.3, 0.4) is 0 Å². The van der Waals surface area contributed by atoms with Crippen molar-refractivity contribution >= 4 is 38.9 Å². The average molecular weight is 917 g/mol. The highest BCUT2D eigenvalue weighted by atomic mass is 16.5. The third-order valence-electron chi connectivity index (χ3n) is 14.9. The van der Waals surface area contributed by atoms with Crippen molar-refractivity contribution in [1.82, 2.24) is 4.57 Å². The van der Waals surface area contributed by atoms with Gasteiger partial charge in [0.1, 0.15) is 11.5 Å². The molecule has 1 aromatic heterocycles. The van der Waals surface area contributed by atoms with Gasteiger partial charge in [0.2, 0.25) is 0 Å². The molecule has 2 unspecified atom stereocenters. The van der Waals surface area contributed by atoms with Gasteiger partial charge in [-0.15, -0.1) is 0 Å². The molecule has 0 saturated carbocycles. The number of aromatic nitrogens is 1. The molecule has 2 atom stereocenters. The van der Waals surface area contributed by atoms with E-state index in [2.05, 4.69) is 266 Å². The quantitative estimate of drug-likeness (QED) is 0.108. The van der Waals surface area contributed by atoms with Crippen molar-refractivity contribution in [3.63, 3.8) is 0 Å². The number of ether oxygens (including phenoxy) is 1. The molecule has 0 fully saturated rings. The van der Waals surface area contributed by atoms with Crippen molar-refractivity contribution < 1.29 is 4.74 Å². The van der Waals surface area contributed by atoms with Gasteiger partial charge < -0.3 is 14.2 Å². The van der Waals surface area contributed by atoms with Crippen molar-refractivity contribution in [1.29, 1.82) is 0 Å². The highest BCUT2D eigenvalue weighted by molar-refractivity contribution is 6.11. The van der Waals surface area contributed by atoms with E-state index in [1.807, 2.05) is 0 Å². The van der Waals surface area contributed by atoms with Gasteiger partial charge in [0.15, 0.2) is 0 Å². The second kappa shape index (κ2) is 19.2. The van der Waals surface area contributed by atoms with E-state index in [1.54, 1.807) is 0 Å². The maximum atomic E-state index is 6.25. The van der Waals surface area contributed by atoms with E-state index in [9.17, 15) is 0 Å². The highest BCUT2D eigenvalue weighted by Gasteiger charge is 2.19. The number of fused-ring (bicyclic) bond motifs is 4. The van der Waals surface area contributed by atoms with E-state index < -0.39 is 0 Å². The van der Waals surface area contributed by atoms with E-state index in [1.165, 1.54) is 83.9 Å². The van der Waals surface area contributed by atoms with Crippen molar-refractivity contribution in [2.24, 2.45) is 0 Å². The lowest BCUT2D eigenvalue weighted by Crippen LogP contribution is -2.09. The minimum absolute atomic E-state index is 0.416. The molecular formula is C68H56N2O. The number of hydrogen-bond donors (Lipinski definition) is 0. The van der Waals surface area contributed by atoms with E-state index in [0.717, 1.165) is 53.5 Å². The van der Waals surface area contributed by atoms with Gasteiger partial charge in [-0.2, -0.15) is 0 Å². The maximum absolute atomic E-state index is 6.25. The van der Waals surface area contributed by atoms with Crippen molar-refractivity contribution in [2.75, 3.05) is 4.90 Å². The Kier molecular flexibility index (Phi) is 11.8. The smallest absolute Gasteiger partial charge is 0.127 e. The SMILES string of the molecule is CCC(CC(C)c1ccc(-c2ccc3c(c2)c2cc(-c4ccc(N(c5ccccc5)c5ccc(-c6ccccc6)cc5)cc4)ccc2n3-c2ccccc2)cc1)c1ccc(Oc2ccc3c(c2)CC3)cc1. The number of aryl methyl sites for hydroxylation is 2. The molecule has 12 rings (SSSR count). The predicted octanol–water partition coefficient (Wildman–Crippen LogP) is 18.8. The zero-order chi connectivity index (χ0) is 47.7. The molecule has 1 heterocycles. The minimum Gasteiger partial charge on any atom is -0.457 e. The number of anilines is 3. The summed E-state index contributed by atoms with van der Waals surface area (Å²) in [7, 11) is 0. The fraction of sp³-hybridized carbons (Fsp3) is 0.118. The number of benzene rings is 10. The fourth-order valence-electron chi connectivity index (χ4n) is 10.8. The summed E-state index contributed by atoms with van der Waals surface area (Å²) in [5, 5.41) is 2.48. The summed E-state index contributed by atoms with van der Waals surface area (Å²) in [4.78, 5) is 2.33. The lowest BCUT2D eigenvalue weighted by Gasteiger charge is -2.26. The van der Waals surface area contributed by atoms with Gasteiger partial charge in [-0.05, 0) is 190 Å². The van der Waals surface area contributed by atoms with E-state index >= 15 is 0 Å². The van der Waals surface area contributed by atoms with Crippen molar-refractivity contribution in [3.8, 4) is 50.6 Å². The topological polar surface area (TPSA) is 17.4 Å². The number of hydrogen-bond acceptors (Lipinski definition) is 2. The molecule has 3 nitrogen and oxygen atoms in total. The number of nitrogens with zero attached hydrogens (tertiary/aromatic N) is 2. The lowest BCUT2D eigenvalue weighted by atomic mass is 9.84. The van der Waals surface area contributed by atoms with Gasteiger partial charge in [-0.3, -0.25) is 0 Å². The molecule has 1 aliphatic rings. The van der Waals surface area contributed by atoms with Gasteiger partial charge in [0, 0.05) is 33.5 Å². The van der Waals surface area contributed by atoms with Gasteiger partial charge in [-0.1, -0.05) is 159 Å². The fourth-order valence-corrected chi connectivity index (χ4v) is 10.8. The first-order valence-corrected chi connectivity index (χ1v) is 25.3. The Morgan fingerprint density at radius 2 is 0.887 bits per heavy atom. The van der Waals surface area contributed by atoms with Crippen LogP contribution in [0.2, 0.25) is 0 Å². The molecule has 3 heteroatoms. The molecule has 0 saturated heterocycles. The zero-order valence-corrected chi connectivity index (χ0v) is 40.4. The zero-order valence-electron chi connectivity index (χ0n) is 40.4. The summed E-state index contributed by atoms with van der Waals surface area (Å²) < 4.78 is 8.65. The van der Waals surface area contributed by atoms with Crippen LogP contribution in [-0.2, 0) is 12.8 Å². The Morgan fingerprint density at radius 3 is 1.44 bits per heavy atom. The summed E-state index contributed by atoms with van der Waals surface area (Å²) in [6.07, 6.45) is 4.52. The average Bonchev–Trinajstić information content (AvgIpc) is 3.75. The summed E-state index contributed by atoms with van der Waals surface area (Å²) >= 11 is 0. The van der Waals surface area contributed by atoms with Crippen LogP contribution in [0.1, 0.15) is 60.8 Å². The molecule has 0 N–H and O–H groups in total. The Morgan fingerprint density at radius 1 is 0.423 bits per heavy atom. The molecule has 11 aromatic rings. The largest absolute Gasteiger partial charge is 0.457 e. The maximum Gasteiger partial charge on any atom is 0.127 e. The van der Waals surface area contributed by atoms with Crippen LogP contribution < -0.4 is 9.64 Å². The molecule has 10 aromatic carbocycles. The van der Waals surface area contributed by atoms with Gasteiger partial charge in [0.05, 0.1) is 11.0 Å². The third kappa shape index (κ3) is 8.81. The highest BCUT2D eigenvalue weighted by Crippen LogP contribution is 2.41. The summed E-state index contributed by atoms with van der Waals surface area (Å²) in [5.41, 5.74) is 19.7. The van der Waals surface area contributed by atoms with Crippen LogP contribution in [0, 0.1) is 0 Å². The molecule has 0 amide bonds. The standard InChI is InChI=1S/C68H56N2O/c1-3-48(51-29-38-63(39-30-51)71-64-40-31-54-23-24-56(54)44-64)43-47(2)49-19-21-53(22-20-49)57-32-41-67-65(45-57)66-46-58(33-42-68(66)70(67)60-17-11-6-12-18-60)55-27-36-62(37-28-55)69(59-15-9-5-10-16-59)61-34-25-52(26-35-61)50-13-7-4-8-14-50/h4-22,25-42,44-48H,3,23-24,43H2,1-2H3. The molecule has 0 spiro atoms. The van der Waals surface area contributed by atoms with Crippen LogP contribution in [0.25, 0.3) is 60.9 Å². The summed E-state index contributed by atoms with van der Waals surface area (Å²) in [6, 6.07) is 88.4. The number of para-hydroxylation sites is 2. The van der Waals surface area contributed by atoms with Crippen molar-refractivity contribution in [2.45, 2.75) is 51.4 Å². The van der Waals surface area contributed by atoms with E-state index in [4.69, 9.17) is 4.74 Å². The predicted molar refractivity (Wildman–Crippen MR) is 298 cm³/mol. The molecule has 0 radical (unpaired) electrons.